The maximum absolute atomic E-state index is 13.4. The Morgan fingerprint density at radius 1 is 1.26 bits per heavy atom. The number of fused-ring (bicyclic) bond motifs is 1. The first-order chi connectivity index (χ1) is 11.0. The van der Waals surface area contributed by atoms with Gasteiger partial charge in [-0.05, 0) is 12.5 Å². The summed E-state index contributed by atoms with van der Waals surface area (Å²) in [5, 5.41) is 7.66. The molecule has 0 spiro atoms. The minimum Gasteiger partial charge on any atom is -0.468 e. The van der Waals surface area contributed by atoms with Gasteiger partial charge >= 0.3 is 0 Å². The highest BCUT2D eigenvalue weighted by Gasteiger charge is 2.34. The van der Waals surface area contributed by atoms with Crippen LogP contribution in [0, 0.1) is 0 Å². The maximum Gasteiger partial charge on any atom is 0.281 e. The van der Waals surface area contributed by atoms with Crippen LogP contribution in [0.5, 0.6) is 5.88 Å². The van der Waals surface area contributed by atoms with Gasteiger partial charge in [-0.1, -0.05) is 6.92 Å². The van der Waals surface area contributed by atoms with Crippen LogP contribution >= 0.6 is 0 Å². The summed E-state index contributed by atoms with van der Waals surface area (Å²) in [6.45, 7) is 2.49. The van der Waals surface area contributed by atoms with Gasteiger partial charge in [-0.25, -0.2) is 13.8 Å². The molecule has 3 aromatic heterocycles. The lowest BCUT2D eigenvalue weighted by atomic mass is 10.1. The molecule has 8 heteroatoms. The normalized spacial score (nSPS) is 13.2. The summed E-state index contributed by atoms with van der Waals surface area (Å²) in [6.07, 6.45) is 5.46. The Bertz CT molecular complexity index is 797. The van der Waals surface area contributed by atoms with Crippen molar-refractivity contribution in [1.29, 1.82) is 0 Å². The summed E-state index contributed by atoms with van der Waals surface area (Å²) >= 11 is 0. The largest absolute Gasteiger partial charge is 0.468 e. The molecule has 0 aliphatic rings. The molecular formula is C15H15F2N5O. The number of alkyl halides is 2. The van der Waals surface area contributed by atoms with Crippen LogP contribution in [-0.4, -0.2) is 36.6 Å². The first-order valence-corrected chi connectivity index (χ1v) is 7.13. The van der Waals surface area contributed by atoms with Crippen molar-refractivity contribution in [3.05, 3.63) is 37.1 Å². The van der Waals surface area contributed by atoms with Gasteiger partial charge in [0.05, 0.1) is 11.9 Å². The van der Waals surface area contributed by atoms with Gasteiger partial charge in [0, 0.05) is 30.9 Å². The van der Waals surface area contributed by atoms with Crippen LogP contribution in [0.4, 0.5) is 8.78 Å². The first kappa shape index (κ1) is 15.3. The van der Waals surface area contributed by atoms with E-state index in [1.54, 1.807) is 42.2 Å². The van der Waals surface area contributed by atoms with Crippen LogP contribution in [0.15, 0.2) is 37.1 Å². The quantitative estimate of drug-likeness (QED) is 0.723. The number of hydrogen-bond donors (Lipinski definition) is 0. The Hall–Kier alpha value is -2.64. The molecular weight excluding hydrogens is 304 g/mol. The first-order valence-electron chi connectivity index (χ1n) is 7.13. The van der Waals surface area contributed by atoms with Gasteiger partial charge in [-0.3, -0.25) is 9.38 Å². The molecule has 6 nitrogen and oxygen atoms in total. The molecule has 3 aromatic rings. The number of pyridine rings is 1. The Labute approximate surface area is 131 Å². The predicted octanol–water partition coefficient (Wildman–Crippen LogP) is 3.00. The fraction of sp³-hybridized carbons (Fsp3) is 0.333. The second-order valence-electron chi connectivity index (χ2n) is 5.23. The molecule has 0 radical (unpaired) electrons. The lowest BCUT2D eigenvalue weighted by Crippen LogP contribution is -2.35. The van der Waals surface area contributed by atoms with E-state index in [0.717, 1.165) is 12.5 Å². The number of rotatable bonds is 5. The third kappa shape index (κ3) is 3.25. The van der Waals surface area contributed by atoms with Gasteiger partial charge in [0.1, 0.15) is 6.33 Å². The van der Waals surface area contributed by atoms with E-state index >= 15 is 0 Å². The molecule has 0 amide bonds. The second kappa shape index (κ2) is 5.86. The van der Waals surface area contributed by atoms with Crippen molar-refractivity contribution in [1.82, 2.24) is 24.6 Å². The van der Waals surface area contributed by atoms with Gasteiger partial charge in [0.2, 0.25) is 5.88 Å². The van der Waals surface area contributed by atoms with Crippen molar-refractivity contribution in [3.63, 3.8) is 0 Å². The van der Waals surface area contributed by atoms with E-state index in [-0.39, 0.29) is 12.3 Å². The number of ether oxygens (including phenoxy) is 1. The van der Waals surface area contributed by atoms with E-state index in [2.05, 4.69) is 20.2 Å². The fourth-order valence-electron chi connectivity index (χ4n) is 2.18. The molecule has 3 rings (SSSR count). The van der Waals surface area contributed by atoms with Crippen LogP contribution in [-0.2, 0) is 0 Å². The number of nitrogens with zero attached hydrogens (tertiary/aromatic N) is 5. The molecule has 0 saturated heterocycles. The Morgan fingerprint density at radius 2 is 2.09 bits per heavy atom. The number of hydrogen-bond acceptors (Lipinski definition) is 5. The predicted molar refractivity (Wildman–Crippen MR) is 79.3 cm³/mol. The molecule has 1 unspecified atom stereocenters. The van der Waals surface area contributed by atoms with E-state index < -0.39 is 12.0 Å². The standard InChI is InChI=1S/C15H15F2N5O/c1-3-12(15(2,16)17)23-14-5-4-10(6-19-14)11-8-22-9-20-21-13(22)7-18-11/h4-9,12H,3H2,1-2H3. The monoisotopic (exact) mass is 319 g/mol. The van der Waals surface area contributed by atoms with E-state index in [9.17, 15) is 8.78 Å². The van der Waals surface area contributed by atoms with Crippen molar-refractivity contribution in [2.45, 2.75) is 32.3 Å². The third-order valence-electron chi connectivity index (χ3n) is 3.41. The zero-order valence-corrected chi connectivity index (χ0v) is 12.6. The molecule has 0 saturated carbocycles. The summed E-state index contributed by atoms with van der Waals surface area (Å²) in [7, 11) is 0. The minimum absolute atomic E-state index is 0.160. The molecule has 0 aliphatic heterocycles. The summed E-state index contributed by atoms with van der Waals surface area (Å²) < 4.78 is 33.7. The van der Waals surface area contributed by atoms with Gasteiger partial charge < -0.3 is 4.74 Å². The van der Waals surface area contributed by atoms with Gasteiger partial charge in [-0.15, -0.1) is 10.2 Å². The van der Waals surface area contributed by atoms with Crippen molar-refractivity contribution in [2.24, 2.45) is 0 Å². The van der Waals surface area contributed by atoms with Gasteiger partial charge in [0.15, 0.2) is 11.8 Å². The summed E-state index contributed by atoms with van der Waals surface area (Å²) in [5.41, 5.74) is 2.05. The highest BCUT2D eigenvalue weighted by Crippen LogP contribution is 2.25. The smallest absolute Gasteiger partial charge is 0.281 e. The number of aromatic nitrogens is 5. The average molecular weight is 319 g/mol. The highest BCUT2D eigenvalue weighted by molar-refractivity contribution is 5.58. The average Bonchev–Trinajstić information content (AvgIpc) is 2.99. The summed E-state index contributed by atoms with van der Waals surface area (Å²) in [5.74, 6) is -2.76. The lowest BCUT2D eigenvalue weighted by Gasteiger charge is -2.22. The van der Waals surface area contributed by atoms with Crippen molar-refractivity contribution in [3.8, 4) is 17.1 Å². The second-order valence-corrected chi connectivity index (χ2v) is 5.23. The molecule has 1 atom stereocenters. The molecule has 0 aliphatic carbocycles. The number of halogens is 2. The lowest BCUT2D eigenvalue weighted by molar-refractivity contribution is -0.0828. The van der Waals surface area contributed by atoms with E-state index in [1.807, 2.05) is 0 Å². The van der Waals surface area contributed by atoms with E-state index in [0.29, 0.717) is 11.3 Å². The topological polar surface area (TPSA) is 65.2 Å². The van der Waals surface area contributed by atoms with Crippen LogP contribution in [0.2, 0.25) is 0 Å². The van der Waals surface area contributed by atoms with E-state index in [4.69, 9.17) is 4.74 Å². The van der Waals surface area contributed by atoms with Crippen LogP contribution in [0.25, 0.3) is 16.9 Å². The van der Waals surface area contributed by atoms with Crippen LogP contribution in [0.3, 0.4) is 0 Å². The molecule has 0 aromatic carbocycles. The van der Waals surface area contributed by atoms with Crippen molar-refractivity contribution < 1.29 is 13.5 Å². The van der Waals surface area contributed by atoms with Crippen molar-refractivity contribution in [2.75, 3.05) is 0 Å². The molecule has 0 N–H and O–H groups in total. The van der Waals surface area contributed by atoms with Crippen molar-refractivity contribution >= 4 is 5.65 Å². The Morgan fingerprint density at radius 3 is 2.74 bits per heavy atom. The molecule has 23 heavy (non-hydrogen) atoms. The zero-order chi connectivity index (χ0) is 16.4. The summed E-state index contributed by atoms with van der Waals surface area (Å²) in [4.78, 5) is 8.36. The molecule has 3 heterocycles. The minimum atomic E-state index is -2.92. The Balaban J connectivity index is 1.81. The van der Waals surface area contributed by atoms with Gasteiger partial charge in [0.25, 0.3) is 5.92 Å². The molecule has 0 bridgehead atoms. The highest BCUT2D eigenvalue weighted by atomic mass is 19.3. The van der Waals surface area contributed by atoms with E-state index in [1.165, 1.54) is 6.20 Å². The summed E-state index contributed by atoms with van der Waals surface area (Å²) in [6, 6.07) is 3.28. The van der Waals surface area contributed by atoms with Crippen LogP contribution < -0.4 is 4.74 Å². The Kier molecular flexibility index (Phi) is 3.89. The zero-order valence-electron chi connectivity index (χ0n) is 12.6. The SMILES string of the molecule is CCC(Oc1ccc(-c2cn3cnnc3cn2)cn1)C(C)(F)F. The molecule has 0 fully saturated rings. The van der Waals surface area contributed by atoms with Gasteiger partial charge in [-0.2, -0.15) is 0 Å². The third-order valence-corrected chi connectivity index (χ3v) is 3.41. The maximum atomic E-state index is 13.4. The molecule has 120 valence electrons. The fourth-order valence-corrected chi connectivity index (χ4v) is 2.18. The van der Waals surface area contributed by atoms with Crippen LogP contribution in [0.1, 0.15) is 20.3 Å².